The van der Waals surface area contributed by atoms with Crippen molar-refractivity contribution >= 4 is 16.5 Å². The van der Waals surface area contributed by atoms with Gasteiger partial charge in [0.2, 0.25) is 0 Å². The van der Waals surface area contributed by atoms with Crippen LogP contribution in [0.25, 0.3) is 10.8 Å². The molecule has 2 heterocycles. The molecule has 7 rings (SSSR count). The van der Waals surface area contributed by atoms with E-state index in [1.54, 1.807) is 16.8 Å². The minimum Gasteiger partial charge on any atom is -0.363 e. The molecule has 0 aromatic heterocycles. The van der Waals surface area contributed by atoms with E-state index in [-0.39, 0.29) is 0 Å². The van der Waals surface area contributed by atoms with Crippen molar-refractivity contribution in [1.29, 1.82) is 0 Å². The molecule has 3 aromatic rings. The largest absolute Gasteiger partial charge is 0.363 e. The monoisotopic (exact) mass is 375 g/mol. The van der Waals surface area contributed by atoms with Crippen molar-refractivity contribution in [2.75, 3.05) is 11.4 Å². The second-order valence-electron chi connectivity index (χ2n) is 9.26. The summed E-state index contributed by atoms with van der Waals surface area (Å²) in [5.74, 6) is 2.46. The third-order valence-electron chi connectivity index (χ3n) is 7.89. The van der Waals surface area contributed by atoms with Crippen LogP contribution >= 0.6 is 0 Å². The highest BCUT2D eigenvalue weighted by Crippen LogP contribution is 2.60. The predicted octanol–water partition coefficient (Wildman–Crippen LogP) is 6.73. The minimum atomic E-state index is 0.477. The van der Waals surface area contributed by atoms with Gasteiger partial charge < -0.3 is 4.90 Å². The molecule has 0 radical (unpaired) electrons. The summed E-state index contributed by atoms with van der Waals surface area (Å²) in [5.41, 5.74) is 6.21. The topological polar surface area (TPSA) is 3.24 Å². The van der Waals surface area contributed by atoms with Crippen LogP contribution in [0.2, 0.25) is 0 Å². The highest BCUT2D eigenvalue weighted by atomic mass is 15.2. The van der Waals surface area contributed by atoms with Crippen LogP contribution in [-0.4, -0.2) is 6.54 Å². The highest BCUT2D eigenvalue weighted by Gasteiger charge is 2.48. The summed E-state index contributed by atoms with van der Waals surface area (Å²) < 4.78 is 0. The lowest BCUT2D eigenvalue weighted by molar-refractivity contribution is 0.336. The molecule has 0 unspecified atom stereocenters. The fourth-order valence-electron chi connectivity index (χ4n) is 6.76. The number of nitrogens with zero attached hydrogens (tertiary/aromatic N) is 1. The fraction of sp³-hybridized carbons (Fsp3) is 0.286. The van der Waals surface area contributed by atoms with Crippen molar-refractivity contribution in [3.63, 3.8) is 0 Å². The molecular formula is C28H25N. The molecule has 1 heteroatoms. The lowest BCUT2D eigenvalue weighted by atomic mass is 9.69. The van der Waals surface area contributed by atoms with Gasteiger partial charge in [-0.3, -0.25) is 0 Å². The summed E-state index contributed by atoms with van der Waals surface area (Å²) in [6, 6.07) is 23.4. The van der Waals surface area contributed by atoms with Crippen molar-refractivity contribution in [1.82, 2.24) is 0 Å². The van der Waals surface area contributed by atoms with Gasteiger partial charge in [-0.15, -0.1) is 0 Å². The first-order chi connectivity index (χ1) is 14.4. The second-order valence-corrected chi connectivity index (χ2v) is 9.26. The molecular weight excluding hydrogens is 350 g/mol. The summed E-state index contributed by atoms with van der Waals surface area (Å²) >= 11 is 0. The maximum atomic E-state index is 2.81. The molecule has 4 aliphatic rings. The van der Waals surface area contributed by atoms with Crippen LogP contribution in [0.15, 0.2) is 85.0 Å². The van der Waals surface area contributed by atoms with Crippen LogP contribution in [-0.2, 0) is 0 Å². The summed E-state index contributed by atoms with van der Waals surface area (Å²) in [7, 11) is 0. The van der Waals surface area contributed by atoms with E-state index < -0.39 is 0 Å². The molecule has 0 saturated heterocycles. The summed E-state index contributed by atoms with van der Waals surface area (Å²) in [6.07, 6.45) is 12.3. The van der Waals surface area contributed by atoms with Gasteiger partial charge in [0.05, 0.1) is 6.04 Å². The van der Waals surface area contributed by atoms with Crippen LogP contribution in [0.4, 0.5) is 5.69 Å². The van der Waals surface area contributed by atoms with E-state index in [4.69, 9.17) is 0 Å². The van der Waals surface area contributed by atoms with Gasteiger partial charge in [-0.05, 0) is 58.2 Å². The lowest BCUT2D eigenvalue weighted by Gasteiger charge is -2.51. The van der Waals surface area contributed by atoms with Crippen LogP contribution in [0, 0.1) is 11.8 Å². The predicted molar refractivity (Wildman–Crippen MR) is 120 cm³/mol. The number of hydrogen-bond acceptors (Lipinski definition) is 1. The zero-order valence-electron chi connectivity index (χ0n) is 16.5. The molecule has 3 aromatic carbocycles. The molecule has 2 aliphatic carbocycles. The Hall–Kier alpha value is -2.80. The first kappa shape index (κ1) is 16.0. The molecule has 2 aliphatic heterocycles. The normalized spacial score (nSPS) is 31.0. The Bertz CT molecular complexity index is 1170. The van der Waals surface area contributed by atoms with Gasteiger partial charge in [0.1, 0.15) is 0 Å². The van der Waals surface area contributed by atoms with Gasteiger partial charge in [0, 0.05) is 24.1 Å². The number of anilines is 1. The summed E-state index contributed by atoms with van der Waals surface area (Å²) in [4.78, 5) is 2.81. The van der Waals surface area contributed by atoms with Gasteiger partial charge in [-0.25, -0.2) is 0 Å². The van der Waals surface area contributed by atoms with E-state index in [1.165, 1.54) is 35.7 Å². The number of allylic oxidation sites excluding steroid dienone is 4. The Labute approximate surface area is 172 Å². The summed E-state index contributed by atoms with van der Waals surface area (Å²) in [5, 5.41) is 2.88. The van der Waals surface area contributed by atoms with E-state index in [0.29, 0.717) is 29.7 Å². The quantitative estimate of drug-likeness (QED) is 0.426. The van der Waals surface area contributed by atoms with E-state index in [0.717, 1.165) is 0 Å². The van der Waals surface area contributed by atoms with E-state index in [9.17, 15) is 0 Å². The molecule has 0 spiro atoms. The van der Waals surface area contributed by atoms with Crippen molar-refractivity contribution in [3.05, 3.63) is 102 Å². The first-order valence-corrected chi connectivity index (χ1v) is 11.1. The zero-order chi connectivity index (χ0) is 18.9. The van der Waals surface area contributed by atoms with Crippen molar-refractivity contribution < 1.29 is 0 Å². The molecule has 5 atom stereocenters. The molecule has 29 heavy (non-hydrogen) atoms. The van der Waals surface area contributed by atoms with Gasteiger partial charge in [0.15, 0.2) is 0 Å². The standard InChI is InChI=1S/C28H25N/c1-2-8-18(9-3-1)27-24-15-7-14-23(24)26-22-12-5-4-10-19(22)16-25-21-13-6-11-20(21)17-29(27)28(25)26/h1-10,12-14,16,20-21,23-24,27H,11,15,17H2/t20-,21+,23+,24-,27-/m1/s1. The molecule has 0 saturated carbocycles. The van der Waals surface area contributed by atoms with Crippen LogP contribution < -0.4 is 4.90 Å². The molecule has 0 amide bonds. The van der Waals surface area contributed by atoms with Crippen molar-refractivity contribution in [3.8, 4) is 0 Å². The smallest absolute Gasteiger partial charge is 0.0582 e. The third-order valence-corrected chi connectivity index (χ3v) is 7.89. The zero-order valence-corrected chi connectivity index (χ0v) is 16.5. The Kier molecular flexibility index (Phi) is 3.24. The molecule has 142 valence electrons. The van der Waals surface area contributed by atoms with Crippen molar-refractivity contribution in [2.24, 2.45) is 11.8 Å². The molecule has 0 N–H and O–H groups in total. The average Bonchev–Trinajstić information content (AvgIpc) is 3.43. The van der Waals surface area contributed by atoms with Gasteiger partial charge in [-0.2, -0.15) is 0 Å². The highest BCUT2D eigenvalue weighted by molar-refractivity contribution is 5.94. The second kappa shape index (κ2) is 5.86. The van der Waals surface area contributed by atoms with E-state index in [2.05, 4.69) is 89.9 Å². The van der Waals surface area contributed by atoms with E-state index >= 15 is 0 Å². The maximum absolute atomic E-state index is 2.81. The van der Waals surface area contributed by atoms with Crippen molar-refractivity contribution in [2.45, 2.75) is 30.7 Å². The Balaban J connectivity index is 1.56. The summed E-state index contributed by atoms with van der Waals surface area (Å²) in [6.45, 7) is 1.18. The van der Waals surface area contributed by atoms with Gasteiger partial charge in [0.25, 0.3) is 0 Å². The fourth-order valence-corrected chi connectivity index (χ4v) is 6.76. The third kappa shape index (κ3) is 2.11. The van der Waals surface area contributed by atoms with Gasteiger partial charge >= 0.3 is 0 Å². The maximum Gasteiger partial charge on any atom is 0.0582 e. The molecule has 1 nitrogen and oxygen atoms in total. The first-order valence-electron chi connectivity index (χ1n) is 11.1. The number of fused-ring (bicyclic) bond motifs is 6. The average molecular weight is 376 g/mol. The van der Waals surface area contributed by atoms with Crippen LogP contribution in [0.1, 0.15) is 47.4 Å². The Morgan fingerprint density at radius 3 is 2.52 bits per heavy atom. The van der Waals surface area contributed by atoms with E-state index in [1.807, 2.05) is 0 Å². The van der Waals surface area contributed by atoms with Gasteiger partial charge in [-0.1, -0.05) is 78.9 Å². The Morgan fingerprint density at radius 1 is 0.793 bits per heavy atom. The minimum absolute atomic E-state index is 0.477. The van der Waals surface area contributed by atoms with Crippen LogP contribution in [0.3, 0.4) is 0 Å². The van der Waals surface area contributed by atoms with Crippen LogP contribution in [0.5, 0.6) is 0 Å². The number of benzene rings is 3. The number of hydrogen-bond donors (Lipinski definition) is 0. The molecule has 0 fully saturated rings. The SMILES string of the molecule is C1=C[C@@H]2c3cc4ccccc4c4c3N(C[C@H]2C1)[C@H](c1ccccc1)[C@@H]1CC=C[C@H]41. The molecule has 0 bridgehead atoms. The number of rotatable bonds is 1. The lowest BCUT2D eigenvalue weighted by Crippen LogP contribution is -2.46. The Morgan fingerprint density at radius 2 is 1.59 bits per heavy atom.